The summed E-state index contributed by atoms with van der Waals surface area (Å²) in [6.07, 6.45) is 14.2. The molecule has 0 aliphatic rings. The first kappa shape index (κ1) is 50.6. The minimum Gasteiger partial charge on any atom is -0.379 e. The van der Waals surface area contributed by atoms with Gasteiger partial charge in [0.15, 0.2) is 0 Å². The van der Waals surface area contributed by atoms with Crippen molar-refractivity contribution in [3.8, 4) is 0 Å². The smallest absolute Gasteiger partial charge is 0.220 e. The Hall–Kier alpha value is -2.36. The molecule has 14 heteroatoms. The number of ether oxygens (including phenoxy) is 6. The largest absolute Gasteiger partial charge is 0.379 e. The molecule has 0 saturated carbocycles. The number of nitrogens with one attached hydrogen (secondary N) is 4. The lowest BCUT2D eigenvalue weighted by molar-refractivity contribution is -0.123. The number of carbonyl (C=O) groups is 4. The van der Waals surface area contributed by atoms with Crippen LogP contribution in [0.15, 0.2) is 0 Å². The van der Waals surface area contributed by atoms with Crippen LogP contribution in [0.3, 0.4) is 0 Å². The number of hydrogen-bond acceptors (Lipinski definition) is 10. The van der Waals surface area contributed by atoms with Gasteiger partial charge >= 0.3 is 0 Å². The van der Waals surface area contributed by atoms with E-state index in [0.717, 1.165) is 38.5 Å². The van der Waals surface area contributed by atoms with Gasteiger partial charge in [-0.2, -0.15) is 0 Å². The normalized spacial score (nSPS) is 11.1. The summed E-state index contributed by atoms with van der Waals surface area (Å²) in [4.78, 5) is 47.4. The van der Waals surface area contributed by atoms with Crippen molar-refractivity contribution in [2.24, 2.45) is 0 Å². The summed E-state index contributed by atoms with van der Waals surface area (Å²) >= 11 is 0. The fraction of sp³-hybridized carbons (Fsp3) is 0.897. The van der Waals surface area contributed by atoms with Crippen molar-refractivity contribution in [3.63, 3.8) is 0 Å². The van der Waals surface area contributed by atoms with E-state index in [4.69, 9.17) is 28.4 Å². The summed E-state index contributed by atoms with van der Waals surface area (Å²) < 4.78 is 33.1. The van der Waals surface area contributed by atoms with Gasteiger partial charge in [-0.15, -0.1) is 0 Å². The second-order valence-electron chi connectivity index (χ2n) is 13.0. The quantitative estimate of drug-likeness (QED) is 0.0661. The molecule has 0 saturated heterocycles. The Morgan fingerprint density at radius 2 is 0.547 bits per heavy atom. The number of amides is 4. The SMILES string of the molecule is CCCCCCC(=O)NCCCOCCOCCOCCCNC(=O)CCCC(=O)NCCCOCCOCCOCCCNC(=O)CCCCCC. The first-order valence-electron chi connectivity index (χ1n) is 20.5. The van der Waals surface area contributed by atoms with Gasteiger partial charge in [-0.3, -0.25) is 19.2 Å². The summed E-state index contributed by atoms with van der Waals surface area (Å²) in [6, 6.07) is 0. The van der Waals surface area contributed by atoms with Gasteiger partial charge in [-0.25, -0.2) is 0 Å². The first-order chi connectivity index (χ1) is 26.0. The Bertz CT molecular complexity index is 787. The average molecular weight is 761 g/mol. The van der Waals surface area contributed by atoms with Gasteiger partial charge in [0.25, 0.3) is 0 Å². The molecule has 0 fully saturated rings. The number of rotatable bonds is 42. The number of unbranched alkanes of at least 4 members (excludes halogenated alkanes) is 6. The van der Waals surface area contributed by atoms with E-state index in [1.807, 2.05) is 0 Å². The van der Waals surface area contributed by atoms with Gasteiger partial charge in [-0.05, 0) is 44.9 Å². The molecule has 0 bridgehead atoms. The zero-order chi connectivity index (χ0) is 38.7. The molecule has 0 aromatic heterocycles. The molecule has 14 nitrogen and oxygen atoms in total. The predicted molar refractivity (Wildman–Crippen MR) is 207 cm³/mol. The Labute approximate surface area is 320 Å². The van der Waals surface area contributed by atoms with Gasteiger partial charge in [0.1, 0.15) is 0 Å². The maximum absolute atomic E-state index is 12.0. The first-order valence-corrected chi connectivity index (χ1v) is 20.5. The standard InChI is InChI=1S/C39H76N4O10/c1-3-5-7-9-16-36(44)40-20-12-24-48-28-32-52-34-30-50-26-14-22-42-38(46)18-11-19-39(47)43-23-15-27-51-31-35-53-33-29-49-25-13-21-41-37(45)17-10-8-6-4-2/h3-35H2,1-2H3,(H,40,44)(H,41,45)(H,42,46)(H,43,47). The van der Waals surface area contributed by atoms with E-state index in [0.29, 0.717) is 150 Å². The summed E-state index contributed by atoms with van der Waals surface area (Å²) in [5.41, 5.74) is 0. The van der Waals surface area contributed by atoms with Crippen molar-refractivity contribution in [1.29, 1.82) is 0 Å². The molecule has 0 rings (SSSR count). The van der Waals surface area contributed by atoms with Crippen molar-refractivity contribution in [1.82, 2.24) is 21.3 Å². The molecule has 0 atom stereocenters. The lowest BCUT2D eigenvalue weighted by Crippen LogP contribution is -2.27. The Morgan fingerprint density at radius 1 is 0.302 bits per heavy atom. The zero-order valence-corrected chi connectivity index (χ0v) is 33.4. The van der Waals surface area contributed by atoms with Crippen LogP contribution in [-0.2, 0) is 47.6 Å². The monoisotopic (exact) mass is 761 g/mol. The molecule has 312 valence electrons. The third-order valence-electron chi connectivity index (χ3n) is 7.96. The topological polar surface area (TPSA) is 172 Å². The molecular weight excluding hydrogens is 684 g/mol. The number of carbonyl (C=O) groups excluding carboxylic acids is 4. The Morgan fingerprint density at radius 3 is 0.811 bits per heavy atom. The van der Waals surface area contributed by atoms with E-state index in [1.54, 1.807) is 0 Å². The van der Waals surface area contributed by atoms with Gasteiger partial charge in [0.05, 0.1) is 52.9 Å². The van der Waals surface area contributed by atoms with Crippen LogP contribution in [-0.4, -0.2) is 129 Å². The van der Waals surface area contributed by atoms with Crippen molar-refractivity contribution >= 4 is 23.6 Å². The predicted octanol–water partition coefficient (Wildman–Crippen LogP) is 4.22. The molecule has 0 aromatic carbocycles. The third kappa shape index (κ3) is 42.2. The van der Waals surface area contributed by atoms with Crippen LogP contribution in [0.4, 0.5) is 0 Å². The molecule has 0 aromatic rings. The lowest BCUT2D eigenvalue weighted by Gasteiger charge is -2.09. The summed E-state index contributed by atoms with van der Waals surface area (Å²) in [5, 5.41) is 11.6. The summed E-state index contributed by atoms with van der Waals surface area (Å²) in [7, 11) is 0. The molecular formula is C39H76N4O10. The second-order valence-corrected chi connectivity index (χ2v) is 13.0. The highest BCUT2D eigenvalue weighted by Crippen LogP contribution is 2.03. The minimum atomic E-state index is -0.0677. The molecule has 0 aliphatic heterocycles. The van der Waals surface area contributed by atoms with Gasteiger partial charge in [-0.1, -0.05) is 52.4 Å². The van der Waals surface area contributed by atoms with Crippen molar-refractivity contribution in [2.45, 2.75) is 123 Å². The van der Waals surface area contributed by atoms with Gasteiger partial charge in [0, 0.05) is 78.3 Å². The lowest BCUT2D eigenvalue weighted by atomic mass is 10.1. The highest BCUT2D eigenvalue weighted by Gasteiger charge is 2.06. The molecule has 53 heavy (non-hydrogen) atoms. The Kier molecular flexibility index (Phi) is 40.5. The minimum absolute atomic E-state index is 0.0677. The van der Waals surface area contributed by atoms with Crippen LogP contribution in [0, 0.1) is 0 Å². The van der Waals surface area contributed by atoms with Crippen LogP contribution in [0.25, 0.3) is 0 Å². The van der Waals surface area contributed by atoms with Crippen LogP contribution < -0.4 is 21.3 Å². The van der Waals surface area contributed by atoms with Crippen molar-refractivity contribution < 1.29 is 47.6 Å². The fourth-order valence-corrected chi connectivity index (χ4v) is 4.88. The molecule has 0 unspecified atom stereocenters. The zero-order valence-electron chi connectivity index (χ0n) is 33.4. The molecule has 4 amide bonds. The third-order valence-corrected chi connectivity index (χ3v) is 7.96. The molecule has 4 N–H and O–H groups in total. The van der Waals surface area contributed by atoms with Crippen LogP contribution in [0.5, 0.6) is 0 Å². The second kappa shape index (κ2) is 42.4. The molecule has 0 radical (unpaired) electrons. The Balaban J connectivity index is 3.31. The summed E-state index contributed by atoms with van der Waals surface area (Å²) in [5.74, 6) is 0.107. The fourth-order valence-electron chi connectivity index (χ4n) is 4.88. The van der Waals surface area contributed by atoms with E-state index in [-0.39, 0.29) is 23.6 Å². The average Bonchev–Trinajstić information content (AvgIpc) is 3.15. The van der Waals surface area contributed by atoms with E-state index >= 15 is 0 Å². The molecule has 0 aliphatic carbocycles. The van der Waals surface area contributed by atoms with Crippen molar-refractivity contribution in [3.05, 3.63) is 0 Å². The van der Waals surface area contributed by atoms with Crippen LogP contribution in [0.1, 0.15) is 123 Å². The molecule has 0 spiro atoms. The van der Waals surface area contributed by atoms with Crippen LogP contribution >= 0.6 is 0 Å². The maximum atomic E-state index is 12.0. The summed E-state index contributed by atoms with van der Waals surface area (Å²) in [6.45, 7) is 12.8. The molecule has 0 heterocycles. The van der Waals surface area contributed by atoms with Crippen LogP contribution in [0.2, 0.25) is 0 Å². The highest BCUT2D eigenvalue weighted by atomic mass is 16.5. The van der Waals surface area contributed by atoms with E-state index in [2.05, 4.69) is 35.1 Å². The van der Waals surface area contributed by atoms with Crippen molar-refractivity contribution in [2.75, 3.05) is 105 Å². The number of hydrogen-bond donors (Lipinski definition) is 4. The van der Waals surface area contributed by atoms with Gasteiger partial charge < -0.3 is 49.7 Å². The van der Waals surface area contributed by atoms with E-state index in [9.17, 15) is 19.2 Å². The highest BCUT2D eigenvalue weighted by molar-refractivity contribution is 5.78. The maximum Gasteiger partial charge on any atom is 0.220 e. The van der Waals surface area contributed by atoms with E-state index < -0.39 is 0 Å². The van der Waals surface area contributed by atoms with E-state index in [1.165, 1.54) is 25.7 Å². The van der Waals surface area contributed by atoms with Gasteiger partial charge in [0.2, 0.25) is 23.6 Å².